The number of carbonyl (C=O) groups is 1. The van der Waals surface area contributed by atoms with Gasteiger partial charge >= 0.3 is 6.18 Å². The van der Waals surface area contributed by atoms with E-state index in [0.29, 0.717) is 54.5 Å². The van der Waals surface area contributed by atoms with Gasteiger partial charge in [-0.05, 0) is 31.1 Å². The standard InChI is InChI=1S/C29H32F3N9O2/c1-17-16-43-22(15-40(17)14-18(12-33)13-35-2)27-39-24(25-26(34)37-9-10-41(25)27)19-3-5-20(6-4-19)28(42)38-23-11-21(7-8-36-23)29(30,31)32/h3,5-13,17,19,22,33,35H,4,14-16H2,1-2H3,(H2,34,37)(H,36,38,42)/b18-13+,33-12?/t17-,19?,22+/m0/s1. The number of hydrogen-bond donors (Lipinski definition) is 4. The maximum absolute atomic E-state index is 13.0. The number of halogens is 3. The molecule has 1 amide bonds. The zero-order chi connectivity index (χ0) is 30.7. The van der Waals surface area contributed by atoms with Gasteiger partial charge in [0.1, 0.15) is 29.1 Å². The van der Waals surface area contributed by atoms with Crippen molar-refractivity contribution in [2.45, 2.75) is 37.6 Å². The summed E-state index contributed by atoms with van der Waals surface area (Å²) in [5, 5.41) is 13.1. The molecular weight excluding hydrogens is 563 g/mol. The summed E-state index contributed by atoms with van der Waals surface area (Å²) in [6.07, 6.45) is 8.15. The van der Waals surface area contributed by atoms with Gasteiger partial charge in [-0.2, -0.15) is 13.2 Å². The van der Waals surface area contributed by atoms with Crippen molar-refractivity contribution < 1.29 is 22.7 Å². The van der Waals surface area contributed by atoms with Crippen LogP contribution in [0.4, 0.5) is 24.8 Å². The third-order valence-corrected chi connectivity index (χ3v) is 7.43. The van der Waals surface area contributed by atoms with Crippen LogP contribution in [0.5, 0.6) is 0 Å². The Morgan fingerprint density at radius 3 is 2.81 bits per heavy atom. The molecule has 1 unspecified atom stereocenters. The van der Waals surface area contributed by atoms with Gasteiger partial charge in [0, 0.05) is 68.7 Å². The van der Waals surface area contributed by atoms with Crippen molar-refractivity contribution in [1.82, 2.24) is 29.6 Å². The van der Waals surface area contributed by atoms with Gasteiger partial charge in [0.05, 0.1) is 17.9 Å². The van der Waals surface area contributed by atoms with Gasteiger partial charge in [0.25, 0.3) is 5.91 Å². The molecule has 0 aromatic carbocycles. The van der Waals surface area contributed by atoms with Gasteiger partial charge in [-0.25, -0.2) is 15.0 Å². The molecule has 3 aromatic rings. The van der Waals surface area contributed by atoms with Crippen LogP contribution in [-0.2, 0) is 15.7 Å². The fourth-order valence-electron chi connectivity index (χ4n) is 5.19. The number of nitrogens with zero attached hydrogens (tertiary/aromatic N) is 5. The lowest BCUT2D eigenvalue weighted by Crippen LogP contribution is -2.46. The van der Waals surface area contributed by atoms with Crippen LogP contribution in [0.2, 0.25) is 0 Å². The normalized spacial score (nSPS) is 21.5. The summed E-state index contributed by atoms with van der Waals surface area (Å²) in [5.74, 6) is -0.0250. The Hall–Kier alpha value is -4.56. The number of anilines is 2. The van der Waals surface area contributed by atoms with Crippen molar-refractivity contribution in [1.29, 1.82) is 5.41 Å². The zero-order valence-corrected chi connectivity index (χ0v) is 23.6. The number of hydrogen-bond acceptors (Lipinski definition) is 9. The summed E-state index contributed by atoms with van der Waals surface area (Å²) in [4.78, 5) is 28.1. The smallest absolute Gasteiger partial charge is 0.394 e. The average molecular weight is 596 g/mol. The molecule has 0 bridgehead atoms. The van der Waals surface area contributed by atoms with Gasteiger partial charge in [-0.3, -0.25) is 14.1 Å². The van der Waals surface area contributed by atoms with Crippen LogP contribution >= 0.6 is 0 Å². The minimum Gasteiger partial charge on any atom is -0.394 e. The molecule has 0 saturated carbocycles. The Kier molecular flexibility index (Phi) is 8.59. The quantitative estimate of drug-likeness (QED) is 0.287. The second kappa shape index (κ2) is 12.4. The SMILES string of the molecule is CN/C=C(\C=N)CN1C[C@H](c2nc(C3C=CC(C(=O)Nc4cc(C(F)(F)F)ccn4)=CC3)c3c(N)nccn23)OC[C@@H]1C. The lowest BCUT2D eigenvalue weighted by atomic mass is 9.93. The number of rotatable bonds is 8. The van der Waals surface area contributed by atoms with Crippen molar-refractivity contribution in [2.24, 2.45) is 0 Å². The number of allylic oxidation sites excluding steroid dienone is 2. The lowest BCUT2D eigenvalue weighted by Gasteiger charge is -2.37. The van der Waals surface area contributed by atoms with Gasteiger partial charge in [-0.15, -0.1) is 0 Å². The highest BCUT2D eigenvalue weighted by molar-refractivity contribution is 6.05. The summed E-state index contributed by atoms with van der Waals surface area (Å²) in [6, 6.07) is 1.77. The number of amides is 1. The molecule has 2 aliphatic rings. The van der Waals surface area contributed by atoms with E-state index in [1.165, 1.54) is 6.21 Å². The van der Waals surface area contributed by atoms with Gasteiger partial charge in [0.2, 0.25) is 0 Å². The van der Waals surface area contributed by atoms with E-state index in [1.54, 1.807) is 37.8 Å². The van der Waals surface area contributed by atoms with Crippen molar-refractivity contribution in [3.63, 3.8) is 0 Å². The van der Waals surface area contributed by atoms with Crippen LogP contribution in [0, 0.1) is 5.41 Å². The highest BCUT2D eigenvalue weighted by Crippen LogP contribution is 2.35. The summed E-state index contributed by atoms with van der Waals surface area (Å²) >= 11 is 0. The van der Waals surface area contributed by atoms with Crippen LogP contribution < -0.4 is 16.4 Å². The summed E-state index contributed by atoms with van der Waals surface area (Å²) in [5.41, 5.74) is 7.87. The number of alkyl halides is 3. The lowest BCUT2D eigenvalue weighted by molar-refractivity contribution is -0.137. The molecule has 5 N–H and O–H groups in total. The summed E-state index contributed by atoms with van der Waals surface area (Å²) < 4.78 is 47.3. The molecule has 3 aromatic heterocycles. The predicted octanol–water partition coefficient (Wildman–Crippen LogP) is 3.85. The number of carbonyl (C=O) groups excluding carboxylic acids is 1. The van der Waals surface area contributed by atoms with E-state index < -0.39 is 17.6 Å². The minimum atomic E-state index is -4.55. The molecule has 3 atom stereocenters. The average Bonchev–Trinajstić information content (AvgIpc) is 3.39. The van der Waals surface area contributed by atoms with E-state index in [0.717, 1.165) is 23.9 Å². The maximum Gasteiger partial charge on any atom is 0.416 e. The molecule has 0 spiro atoms. The number of imidazole rings is 1. The van der Waals surface area contributed by atoms with Crippen LogP contribution in [0.25, 0.3) is 5.52 Å². The first-order chi connectivity index (χ1) is 20.6. The molecule has 1 fully saturated rings. The fraction of sp³-hybridized carbons (Fsp3) is 0.345. The van der Waals surface area contributed by atoms with Crippen molar-refractivity contribution >= 4 is 29.3 Å². The first-order valence-corrected chi connectivity index (χ1v) is 13.7. The highest BCUT2D eigenvalue weighted by atomic mass is 19.4. The fourth-order valence-corrected chi connectivity index (χ4v) is 5.19. The van der Waals surface area contributed by atoms with Crippen LogP contribution in [0.1, 0.15) is 42.4 Å². The molecule has 43 heavy (non-hydrogen) atoms. The van der Waals surface area contributed by atoms with Crippen LogP contribution in [0.15, 0.2) is 66.3 Å². The number of pyridine rings is 1. The number of nitrogens with one attached hydrogen (secondary N) is 3. The van der Waals surface area contributed by atoms with E-state index in [2.05, 4.69) is 32.4 Å². The van der Waals surface area contributed by atoms with E-state index >= 15 is 0 Å². The Morgan fingerprint density at radius 2 is 2.12 bits per heavy atom. The molecule has 1 aliphatic carbocycles. The van der Waals surface area contributed by atoms with Crippen molar-refractivity contribution in [2.75, 3.05) is 37.8 Å². The molecule has 14 heteroatoms. The second-order valence-electron chi connectivity index (χ2n) is 10.4. The third kappa shape index (κ3) is 6.44. The number of aromatic nitrogens is 4. The Balaban J connectivity index is 1.36. The Morgan fingerprint density at radius 1 is 1.30 bits per heavy atom. The second-order valence-corrected chi connectivity index (χ2v) is 10.4. The molecule has 4 heterocycles. The van der Waals surface area contributed by atoms with Crippen molar-refractivity contribution in [3.05, 3.63) is 83.4 Å². The van der Waals surface area contributed by atoms with E-state index in [1.807, 2.05) is 10.5 Å². The third-order valence-electron chi connectivity index (χ3n) is 7.43. The van der Waals surface area contributed by atoms with Crippen LogP contribution in [-0.4, -0.2) is 69.2 Å². The van der Waals surface area contributed by atoms with E-state index in [4.69, 9.17) is 20.9 Å². The number of nitrogen functional groups attached to an aromatic ring is 1. The number of nitrogens with two attached hydrogens (primary N) is 1. The Labute approximate surface area is 245 Å². The van der Waals surface area contributed by atoms with Gasteiger partial charge < -0.3 is 26.5 Å². The maximum atomic E-state index is 13.0. The highest BCUT2D eigenvalue weighted by Gasteiger charge is 2.33. The first kappa shape index (κ1) is 29.9. The molecule has 0 radical (unpaired) electrons. The summed E-state index contributed by atoms with van der Waals surface area (Å²) in [7, 11) is 1.80. The number of fused-ring (bicyclic) bond motifs is 1. The van der Waals surface area contributed by atoms with Gasteiger partial charge in [0.15, 0.2) is 0 Å². The monoisotopic (exact) mass is 595 g/mol. The minimum absolute atomic E-state index is 0.135. The topological polar surface area (TPSA) is 147 Å². The first-order valence-electron chi connectivity index (χ1n) is 13.7. The van der Waals surface area contributed by atoms with Gasteiger partial charge in [-0.1, -0.05) is 18.2 Å². The largest absolute Gasteiger partial charge is 0.416 e. The van der Waals surface area contributed by atoms with Crippen molar-refractivity contribution in [3.8, 4) is 0 Å². The molecule has 11 nitrogen and oxygen atoms in total. The molecule has 1 saturated heterocycles. The van der Waals surface area contributed by atoms with Crippen LogP contribution in [0.3, 0.4) is 0 Å². The molecular formula is C29H32F3N9O2. The van der Waals surface area contributed by atoms with E-state index in [9.17, 15) is 18.0 Å². The summed E-state index contributed by atoms with van der Waals surface area (Å²) in [6.45, 7) is 3.67. The predicted molar refractivity (Wildman–Crippen MR) is 156 cm³/mol. The number of morpholine rings is 1. The molecule has 5 rings (SSSR count). The Bertz CT molecular complexity index is 1610. The number of ether oxygens (including phenoxy) is 1. The van der Waals surface area contributed by atoms with E-state index in [-0.39, 0.29) is 23.9 Å². The molecule has 226 valence electrons. The molecule has 1 aliphatic heterocycles. The zero-order valence-electron chi connectivity index (χ0n) is 23.6.